The molecular formula is C24H42IN5O2. The number of likely N-dealkylation sites (tertiary alicyclic amines) is 1. The predicted octanol–water partition coefficient (Wildman–Crippen LogP) is 2.55. The number of piperidine rings is 1. The zero-order valence-corrected chi connectivity index (χ0v) is 22.2. The van der Waals surface area contributed by atoms with E-state index >= 15 is 0 Å². The number of nitrogens with one attached hydrogen (secondary N) is 2. The molecule has 3 rings (SSSR count). The molecule has 0 aliphatic carbocycles. The maximum Gasteiger partial charge on any atom is 0.191 e. The average molecular weight is 560 g/mol. The number of hydrogen-bond donors (Lipinski definition) is 2. The molecule has 0 amide bonds. The van der Waals surface area contributed by atoms with Gasteiger partial charge in [0.2, 0.25) is 0 Å². The molecule has 32 heavy (non-hydrogen) atoms. The molecule has 2 aliphatic rings. The number of methoxy groups -OCH3 is 1. The Morgan fingerprint density at radius 2 is 1.78 bits per heavy atom. The van der Waals surface area contributed by atoms with Gasteiger partial charge < -0.3 is 25.0 Å². The summed E-state index contributed by atoms with van der Waals surface area (Å²) in [5.41, 5.74) is 2.67. The van der Waals surface area contributed by atoms with Crippen LogP contribution in [0.3, 0.4) is 0 Å². The van der Waals surface area contributed by atoms with Crippen molar-refractivity contribution in [1.29, 1.82) is 0 Å². The summed E-state index contributed by atoms with van der Waals surface area (Å²) in [6, 6.07) is 8.69. The number of benzene rings is 1. The van der Waals surface area contributed by atoms with Crippen LogP contribution in [-0.2, 0) is 22.6 Å². The lowest BCUT2D eigenvalue weighted by Crippen LogP contribution is -2.43. The minimum atomic E-state index is 0. The molecule has 0 spiro atoms. The maximum absolute atomic E-state index is 5.49. The van der Waals surface area contributed by atoms with E-state index in [1.54, 1.807) is 7.11 Å². The van der Waals surface area contributed by atoms with Gasteiger partial charge in [-0.2, -0.15) is 0 Å². The molecule has 0 bridgehead atoms. The van der Waals surface area contributed by atoms with Crippen molar-refractivity contribution < 1.29 is 9.47 Å². The van der Waals surface area contributed by atoms with Crippen molar-refractivity contribution in [3.8, 4) is 0 Å². The standard InChI is InChI=1S/C24H41N5O2.HI/c1-3-25-24(26-18-21-8-10-28(11-9-21)12-15-30-2)27-19-22-6-4-5-7-23(22)20-29-13-16-31-17-14-29;/h4-7,21H,3,8-20H2,1-2H3,(H2,25,26,27);1H. The monoisotopic (exact) mass is 559 g/mol. The number of ether oxygens (including phenoxy) is 2. The van der Waals surface area contributed by atoms with Crippen LogP contribution in [0.2, 0.25) is 0 Å². The minimum absolute atomic E-state index is 0. The first-order chi connectivity index (χ1) is 15.3. The molecule has 8 heteroatoms. The van der Waals surface area contributed by atoms with Gasteiger partial charge in [0, 0.05) is 46.4 Å². The second-order valence-electron chi connectivity index (χ2n) is 8.51. The van der Waals surface area contributed by atoms with Gasteiger partial charge in [-0.1, -0.05) is 24.3 Å². The number of morpholine rings is 1. The molecule has 0 saturated carbocycles. The van der Waals surface area contributed by atoms with Crippen LogP contribution in [0.25, 0.3) is 0 Å². The molecule has 2 fully saturated rings. The van der Waals surface area contributed by atoms with E-state index in [1.807, 2.05) is 0 Å². The van der Waals surface area contributed by atoms with Crippen LogP contribution in [0.5, 0.6) is 0 Å². The Kier molecular flexibility index (Phi) is 13.5. The van der Waals surface area contributed by atoms with Gasteiger partial charge in [0.1, 0.15) is 0 Å². The largest absolute Gasteiger partial charge is 0.383 e. The highest BCUT2D eigenvalue weighted by molar-refractivity contribution is 14.0. The Hall–Kier alpha value is -0.940. The normalized spacial score (nSPS) is 18.9. The fourth-order valence-electron chi connectivity index (χ4n) is 4.25. The lowest BCUT2D eigenvalue weighted by Gasteiger charge is -2.32. The Morgan fingerprint density at radius 3 is 2.47 bits per heavy atom. The molecule has 2 N–H and O–H groups in total. The Bertz CT molecular complexity index is 662. The van der Waals surface area contributed by atoms with Crippen LogP contribution in [0.4, 0.5) is 0 Å². The Balaban J connectivity index is 0.00000363. The highest BCUT2D eigenvalue weighted by Crippen LogP contribution is 2.16. The van der Waals surface area contributed by atoms with Crippen molar-refractivity contribution in [2.24, 2.45) is 10.9 Å². The van der Waals surface area contributed by atoms with Gasteiger partial charge >= 0.3 is 0 Å². The second kappa shape index (κ2) is 15.8. The number of rotatable bonds is 10. The van der Waals surface area contributed by atoms with Crippen molar-refractivity contribution in [2.45, 2.75) is 32.9 Å². The van der Waals surface area contributed by atoms with Crippen LogP contribution in [0.15, 0.2) is 29.3 Å². The lowest BCUT2D eigenvalue weighted by atomic mass is 9.97. The minimum Gasteiger partial charge on any atom is -0.383 e. The van der Waals surface area contributed by atoms with Crippen molar-refractivity contribution in [3.05, 3.63) is 35.4 Å². The van der Waals surface area contributed by atoms with Gasteiger partial charge in [0.25, 0.3) is 0 Å². The van der Waals surface area contributed by atoms with Crippen molar-refractivity contribution in [1.82, 2.24) is 20.4 Å². The van der Waals surface area contributed by atoms with Crippen molar-refractivity contribution in [2.75, 3.05) is 72.7 Å². The third-order valence-electron chi connectivity index (χ3n) is 6.24. The molecule has 1 aromatic rings. The number of nitrogens with zero attached hydrogens (tertiary/aromatic N) is 3. The summed E-state index contributed by atoms with van der Waals surface area (Å²) >= 11 is 0. The van der Waals surface area contributed by atoms with Crippen LogP contribution in [0, 0.1) is 5.92 Å². The van der Waals surface area contributed by atoms with E-state index in [9.17, 15) is 0 Å². The first-order valence-electron chi connectivity index (χ1n) is 11.9. The molecule has 7 nitrogen and oxygen atoms in total. The molecule has 2 saturated heterocycles. The summed E-state index contributed by atoms with van der Waals surface area (Å²) in [7, 11) is 1.78. The Labute approximate surface area is 211 Å². The quantitative estimate of drug-likeness (QED) is 0.261. The predicted molar refractivity (Wildman–Crippen MR) is 142 cm³/mol. The third-order valence-corrected chi connectivity index (χ3v) is 6.24. The summed E-state index contributed by atoms with van der Waals surface area (Å²) in [5, 5.41) is 7.00. The van der Waals surface area contributed by atoms with Crippen LogP contribution in [-0.4, -0.2) is 88.5 Å². The van der Waals surface area contributed by atoms with E-state index < -0.39 is 0 Å². The maximum atomic E-state index is 5.49. The molecule has 1 aromatic carbocycles. The topological polar surface area (TPSA) is 61.4 Å². The number of hydrogen-bond acceptors (Lipinski definition) is 5. The summed E-state index contributed by atoms with van der Waals surface area (Å²) in [6.45, 7) is 13.5. The molecule has 0 atom stereocenters. The number of halogens is 1. The van der Waals surface area contributed by atoms with E-state index in [4.69, 9.17) is 14.5 Å². The van der Waals surface area contributed by atoms with Gasteiger partial charge in [0.05, 0.1) is 26.4 Å². The lowest BCUT2D eigenvalue weighted by molar-refractivity contribution is 0.0341. The van der Waals surface area contributed by atoms with Crippen LogP contribution >= 0.6 is 24.0 Å². The second-order valence-corrected chi connectivity index (χ2v) is 8.51. The molecule has 0 unspecified atom stereocenters. The number of aliphatic imine (C=N–C) groups is 1. The van der Waals surface area contributed by atoms with Gasteiger partial charge in [-0.25, -0.2) is 4.99 Å². The summed E-state index contributed by atoms with van der Waals surface area (Å²) in [4.78, 5) is 9.87. The van der Waals surface area contributed by atoms with Crippen LogP contribution in [0.1, 0.15) is 30.9 Å². The van der Waals surface area contributed by atoms with E-state index in [1.165, 1.54) is 24.0 Å². The fraction of sp³-hybridized carbons (Fsp3) is 0.708. The first-order valence-corrected chi connectivity index (χ1v) is 11.9. The highest BCUT2D eigenvalue weighted by atomic mass is 127. The molecule has 0 radical (unpaired) electrons. The van der Waals surface area contributed by atoms with Gasteiger partial charge in [-0.15, -0.1) is 24.0 Å². The Morgan fingerprint density at radius 1 is 1.06 bits per heavy atom. The van der Waals surface area contributed by atoms with Gasteiger partial charge in [-0.3, -0.25) is 4.90 Å². The third kappa shape index (κ3) is 9.51. The van der Waals surface area contributed by atoms with Crippen molar-refractivity contribution >= 4 is 29.9 Å². The van der Waals surface area contributed by atoms with E-state index in [-0.39, 0.29) is 24.0 Å². The fourth-order valence-corrected chi connectivity index (χ4v) is 4.25. The number of guanidine groups is 1. The summed E-state index contributed by atoms with van der Waals surface area (Å²) < 4.78 is 10.7. The SMILES string of the molecule is CCNC(=NCc1ccccc1CN1CCOCC1)NCC1CCN(CCOC)CC1.I. The van der Waals surface area contributed by atoms with Gasteiger partial charge in [0.15, 0.2) is 5.96 Å². The smallest absolute Gasteiger partial charge is 0.191 e. The zero-order chi connectivity index (χ0) is 21.7. The van der Waals surface area contributed by atoms with Crippen LogP contribution < -0.4 is 10.6 Å². The van der Waals surface area contributed by atoms with Crippen molar-refractivity contribution in [3.63, 3.8) is 0 Å². The molecular weight excluding hydrogens is 517 g/mol. The average Bonchev–Trinajstić information content (AvgIpc) is 2.82. The zero-order valence-electron chi connectivity index (χ0n) is 19.9. The molecule has 182 valence electrons. The molecule has 2 heterocycles. The highest BCUT2D eigenvalue weighted by Gasteiger charge is 2.19. The van der Waals surface area contributed by atoms with E-state index in [2.05, 4.69) is 51.6 Å². The summed E-state index contributed by atoms with van der Waals surface area (Å²) in [6.07, 6.45) is 2.47. The molecule has 0 aromatic heterocycles. The van der Waals surface area contributed by atoms with Gasteiger partial charge in [-0.05, 0) is 49.9 Å². The first kappa shape index (κ1) is 27.3. The molecule has 2 aliphatic heterocycles. The van der Waals surface area contributed by atoms with E-state index in [0.29, 0.717) is 12.5 Å². The summed E-state index contributed by atoms with van der Waals surface area (Å²) in [5.74, 6) is 1.63. The van der Waals surface area contributed by atoms with E-state index in [0.717, 1.165) is 78.1 Å².